The number of hydrogen-bond acceptors (Lipinski definition) is 4. The Hall–Kier alpha value is -2.36. The molecule has 0 fully saturated rings. The van der Waals surface area contributed by atoms with Gasteiger partial charge in [-0.2, -0.15) is 0 Å². The van der Waals surface area contributed by atoms with E-state index in [2.05, 4.69) is 38.0 Å². The van der Waals surface area contributed by atoms with Crippen LogP contribution in [-0.2, 0) is 12.8 Å². The Morgan fingerprint density at radius 1 is 1.04 bits per heavy atom. The summed E-state index contributed by atoms with van der Waals surface area (Å²) in [6.45, 7) is 1.64. The highest BCUT2D eigenvalue weighted by molar-refractivity contribution is 14.0. The van der Waals surface area contributed by atoms with Crippen molar-refractivity contribution in [3.63, 3.8) is 0 Å². The number of nitrogens with one attached hydrogen (secondary N) is 2. The van der Waals surface area contributed by atoms with Crippen LogP contribution in [0.3, 0.4) is 0 Å². The van der Waals surface area contributed by atoms with Gasteiger partial charge >= 0.3 is 0 Å². The molecule has 0 radical (unpaired) electrons. The second kappa shape index (κ2) is 11.5. The first-order valence-corrected chi connectivity index (χ1v) is 9.16. The summed E-state index contributed by atoms with van der Waals surface area (Å²) in [6.07, 6.45) is 4.74. The van der Waals surface area contributed by atoms with Gasteiger partial charge in [0.1, 0.15) is 11.6 Å². The number of benzene rings is 1. The molecule has 28 heavy (non-hydrogen) atoms. The fourth-order valence-electron chi connectivity index (χ4n) is 2.85. The minimum Gasteiger partial charge on any atom is -0.497 e. The van der Waals surface area contributed by atoms with Crippen molar-refractivity contribution in [2.75, 3.05) is 27.2 Å². The van der Waals surface area contributed by atoms with Gasteiger partial charge in [0, 0.05) is 32.8 Å². The summed E-state index contributed by atoms with van der Waals surface area (Å²) in [7, 11) is 3.46. The predicted molar refractivity (Wildman–Crippen MR) is 123 cm³/mol. The van der Waals surface area contributed by atoms with Gasteiger partial charge in [-0.25, -0.2) is 0 Å². The molecule has 3 rings (SSSR count). The minimum absolute atomic E-state index is 0. The van der Waals surface area contributed by atoms with E-state index in [4.69, 9.17) is 4.74 Å². The molecule has 2 aromatic heterocycles. The number of fused-ring (bicyclic) bond motifs is 1. The largest absolute Gasteiger partial charge is 0.497 e. The maximum atomic E-state index is 5.18. The van der Waals surface area contributed by atoms with Crippen molar-refractivity contribution >= 4 is 35.6 Å². The predicted octanol–water partition coefficient (Wildman–Crippen LogP) is 2.70. The van der Waals surface area contributed by atoms with Crippen LogP contribution in [0.15, 0.2) is 53.7 Å². The molecule has 2 heterocycles. The summed E-state index contributed by atoms with van der Waals surface area (Å²) in [5.74, 6) is 2.68. The van der Waals surface area contributed by atoms with Crippen LogP contribution >= 0.6 is 24.0 Å². The Labute approximate surface area is 182 Å². The topological polar surface area (TPSA) is 75.8 Å². The van der Waals surface area contributed by atoms with Gasteiger partial charge in [-0.05, 0) is 42.7 Å². The Bertz CT molecular complexity index is 878. The summed E-state index contributed by atoms with van der Waals surface area (Å²) in [4.78, 5) is 4.27. The van der Waals surface area contributed by atoms with Crippen LogP contribution in [0.25, 0.3) is 5.65 Å². The molecule has 0 aliphatic carbocycles. The number of pyridine rings is 1. The Morgan fingerprint density at radius 3 is 2.57 bits per heavy atom. The molecule has 7 nitrogen and oxygen atoms in total. The summed E-state index contributed by atoms with van der Waals surface area (Å²) in [5.41, 5.74) is 2.15. The zero-order valence-corrected chi connectivity index (χ0v) is 18.6. The molecule has 1 aromatic carbocycles. The minimum atomic E-state index is 0. The number of aryl methyl sites for hydroxylation is 1. The van der Waals surface area contributed by atoms with E-state index in [1.165, 1.54) is 5.56 Å². The van der Waals surface area contributed by atoms with Crippen LogP contribution in [0.4, 0.5) is 0 Å². The van der Waals surface area contributed by atoms with Crippen LogP contribution in [0.2, 0.25) is 0 Å². The van der Waals surface area contributed by atoms with Gasteiger partial charge in [-0.3, -0.25) is 9.39 Å². The molecule has 0 saturated heterocycles. The molecule has 0 bridgehead atoms. The summed E-state index contributed by atoms with van der Waals surface area (Å²) < 4.78 is 7.21. The standard InChI is InChI=1S/C20H26N6O.HI/c1-21-20(23-14-12-16-8-10-17(27-2)11-9-16)22-13-5-7-19-25-24-18-6-3-4-15-26(18)19;/h3-4,6,8-11,15H,5,7,12-14H2,1-2H3,(H2,21,22,23);1H. The van der Waals surface area contributed by atoms with Gasteiger partial charge < -0.3 is 15.4 Å². The lowest BCUT2D eigenvalue weighted by atomic mass is 10.1. The van der Waals surface area contributed by atoms with E-state index in [9.17, 15) is 0 Å². The summed E-state index contributed by atoms with van der Waals surface area (Å²) in [6, 6.07) is 14.1. The first-order chi connectivity index (χ1) is 13.3. The zero-order valence-electron chi connectivity index (χ0n) is 16.3. The molecular formula is C20H27IN6O. The van der Waals surface area contributed by atoms with E-state index in [-0.39, 0.29) is 24.0 Å². The second-order valence-electron chi connectivity index (χ2n) is 6.17. The van der Waals surface area contributed by atoms with Gasteiger partial charge in [0.05, 0.1) is 7.11 Å². The molecule has 0 aliphatic rings. The highest BCUT2D eigenvalue weighted by Crippen LogP contribution is 2.11. The number of nitrogens with zero attached hydrogens (tertiary/aromatic N) is 4. The van der Waals surface area contributed by atoms with Crippen LogP contribution in [-0.4, -0.2) is 47.8 Å². The average Bonchev–Trinajstić information content (AvgIpc) is 3.13. The van der Waals surface area contributed by atoms with Gasteiger partial charge in [0.2, 0.25) is 0 Å². The number of ether oxygens (including phenoxy) is 1. The van der Waals surface area contributed by atoms with Gasteiger partial charge in [-0.15, -0.1) is 34.2 Å². The zero-order chi connectivity index (χ0) is 18.9. The van der Waals surface area contributed by atoms with Crippen molar-refractivity contribution in [3.05, 3.63) is 60.0 Å². The van der Waals surface area contributed by atoms with Crippen molar-refractivity contribution in [2.45, 2.75) is 19.3 Å². The Morgan fingerprint density at radius 2 is 1.82 bits per heavy atom. The highest BCUT2D eigenvalue weighted by atomic mass is 127. The van der Waals surface area contributed by atoms with E-state index < -0.39 is 0 Å². The SMILES string of the molecule is CN=C(NCCCc1nnc2ccccn12)NCCc1ccc(OC)cc1.I. The molecule has 0 atom stereocenters. The first kappa shape index (κ1) is 21.9. The Balaban J connectivity index is 0.00000280. The lowest BCUT2D eigenvalue weighted by Gasteiger charge is -2.12. The number of hydrogen-bond donors (Lipinski definition) is 2. The lowest BCUT2D eigenvalue weighted by molar-refractivity contribution is 0.414. The lowest BCUT2D eigenvalue weighted by Crippen LogP contribution is -2.38. The maximum Gasteiger partial charge on any atom is 0.190 e. The van der Waals surface area contributed by atoms with Crippen LogP contribution in [0.5, 0.6) is 5.75 Å². The molecular weight excluding hydrogens is 467 g/mol. The number of aliphatic imine (C=N–C) groups is 1. The summed E-state index contributed by atoms with van der Waals surface area (Å²) >= 11 is 0. The number of halogens is 1. The van der Waals surface area contributed by atoms with E-state index >= 15 is 0 Å². The van der Waals surface area contributed by atoms with Crippen molar-refractivity contribution < 1.29 is 4.74 Å². The Kier molecular flexibility index (Phi) is 8.99. The smallest absolute Gasteiger partial charge is 0.190 e. The van der Waals surface area contributed by atoms with Crippen molar-refractivity contribution in [1.82, 2.24) is 25.2 Å². The maximum absolute atomic E-state index is 5.18. The number of guanidine groups is 1. The molecule has 0 saturated carbocycles. The quantitative estimate of drug-likeness (QED) is 0.218. The van der Waals surface area contributed by atoms with E-state index in [0.717, 1.165) is 55.5 Å². The normalized spacial score (nSPS) is 11.1. The third kappa shape index (κ3) is 6.08. The van der Waals surface area contributed by atoms with Crippen molar-refractivity contribution in [3.8, 4) is 5.75 Å². The number of rotatable bonds is 8. The monoisotopic (exact) mass is 494 g/mol. The van der Waals surface area contributed by atoms with Crippen LogP contribution in [0.1, 0.15) is 17.8 Å². The van der Waals surface area contributed by atoms with Gasteiger partial charge in [0.15, 0.2) is 11.6 Å². The van der Waals surface area contributed by atoms with E-state index in [1.807, 2.05) is 40.9 Å². The van der Waals surface area contributed by atoms with E-state index in [1.54, 1.807) is 14.2 Å². The molecule has 2 N–H and O–H groups in total. The van der Waals surface area contributed by atoms with Crippen molar-refractivity contribution in [2.24, 2.45) is 4.99 Å². The van der Waals surface area contributed by atoms with Gasteiger partial charge in [-0.1, -0.05) is 18.2 Å². The fourth-order valence-corrected chi connectivity index (χ4v) is 2.85. The molecule has 150 valence electrons. The third-order valence-corrected chi connectivity index (χ3v) is 4.34. The average molecular weight is 494 g/mol. The molecule has 0 spiro atoms. The second-order valence-corrected chi connectivity index (χ2v) is 6.17. The fraction of sp³-hybridized carbons (Fsp3) is 0.350. The highest BCUT2D eigenvalue weighted by Gasteiger charge is 2.04. The van der Waals surface area contributed by atoms with Crippen LogP contribution < -0.4 is 15.4 Å². The van der Waals surface area contributed by atoms with Gasteiger partial charge in [0.25, 0.3) is 0 Å². The molecule has 0 amide bonds. The molecule has 0 unspecified atom stereocenters. The molecule has 3 aromatic rings. The molecule has 8 heteroatoms. The summed E-state index contributed by atoms with van der Waals surface area (Å²) in [5, 5.41) is 15.1. The first-order valence-electron chi connectivity index (χ1n) is 9.16. The van der Waals surface area contributed by atoms with Crippen LogP contribution in [0, 0.1) is 0 Å². The van der Waals surface area contributed by atoms with Crippen molar-refractivity contribution in [1.29, 1.82) is 0 Å². The third-order valence-electron chi connectivity index (χ3n) is 4.34. The number of methoxy groups -OCH3 is 1. The molecule has 0 aliphatic heterocycles. The number of aromatic nitrogens is 3. The van der Waals surface area contributed by atoms with E-state index in [0.29, 0.717) is 0 Å².